The molecule has 0 amide bonds. The fourth-order valence-corrected chi connectivity index (χ4v) is 1.65. The topological polar surface area (TPSA) is 39.2 Å². The highest BCUT2D eigenvalue weighted by atomic mass is 19.1. The third kappa shape index (κ3) is 3.16. The van der Waals surface area contributed by atoms with E-state index in [9.17, 15) is 9.18 Å². The van der Waals surface area contributed by atoms with Crippen LogP contribution in [0, 0.1) is 12.7 Å². The number of rotatable bonds is 4. The van der Waals surface area contributed by atoms with E-state index >= 15 is 0 Å². The molecule has 3 nitrogen and oxygen atoms in total. The van der Waals surface area contributed by atoms with Crippen LogP contribution >= 0.6 is 0 Å². The minimum Gasteiger partial charge on any atom is -0.484 e. The van der Waals surface area contributed by atoms with Crippen molar-refractivity contribution in [3.8, 4) is 5.75 Å². The fourth-order valence-electron chi connectivity index (χ4n) is 1.65. The van der Waals surface area contributed by atoms with Crippen LogP contribution in [0.15, 0.2) is 36.5 Å². The normalized spacial score (nSPS) is 10.3. The Hall–Kier alpha value is -2.23. The molecule has 0 atom stereocenters. The number of carbonyl (C=O) groups excluding carboxylic acids is 1. The summed E-state index contributed by atoms with van der Waals surface area (Å²) in [5, 5.41) is 0. The summed E-state index contributed by atoms with van der Waals surface area (Å²) in [6, 6.07) is 7.95. The first kappa shape index (κ1) is 13.2. The maximum Gasteiger partial charge on any atom is 0.165 e. The second-order valence-corrected chi connectivity index (χ2v) is 4.26. The molecule has 2 rings (SSSR count). The number of Topliss-reactive ketones (excluding diaryl/α,β-unsaturated/α-hetero) is 1. The predicted octanol–water partition coefficient (Wildman–Crippen LogP) is 3.31. The van der Waals surface area contributed by atoms with Crippen molar-refractivity contribution in [2.24, 2.45) is 0 Å². The van der Waals surface area contributed by atoms with Gasteiger partial charge in [-0.2, -0.15) is 0 Å². The molecule has 0 aliphatic heterocycles. The largest absolute Gasteiger partial charge is 0.484 e. The van der Waals surface area contributed by atoms with Crippen molar-refractivity contribution in [2.45, 2.75) is 20.5 Å². The molecule has 1 aromatic heterocycles. The van der Waals surface area contributed by atoms with Crippen LogP contribution in [0.25, 0.3) is 0 Å². The highest BCUT2D eigenvalue weighted by Gasteiger charge is 2.08. The predicted molar refractivity (Wildman–Crippen MR) is 69.7 cm³/mol. The Morgan fingerprint density at radius 2 is 2.16 bits per heavy atom. The molecule has 0 spiro atoms. The van der Waals surface area contributed by atoms with E-state index in [2.05, 4.69) is 4.98 Å². The van der Waals surface area contributed by atoms with Crippen LogP contribution in [0.4, 0.5) is 4.39 Å². The minimum absolute atomic E-state index is 0.120. The van der Waals surface area contributed by atoms with E-state index in [0.717, 1.165) is 11.3 Å². The zero-order valence-corrected chi connectivity index (χ0v) is 10.8. The van der Waals surface area contributed by atoms with Gasteiger partial charge < -0.3 is 4.74 Å². The first-order valence-electron chi connectivity index (χ1n) is 5.91. The molecule has 4 heteroatoms. The maximum atomic E-state index is 13.7. The van der Waals surface area contributed by atoms with Gasteiger partial charge in [0.2, 0.25) is 0 Å². The molecule has 0 aliphatic carbocycles. The van der Waals surface area contributed by atoms with Gasteiger partial charge in [-0.1, -0.05) is 6.07 Å². The number of halogens is 1. The number of pyridine rings is 1. The zero-order valence-electron chi connectivity index (χ0n) is 10.8. The maximum absolute atomic E-state index is 13.7. The molecular weight excluding hydrogens is 245 g/mol. The number of ether oxygens (including phenoxy) is 1. The molecule has 0 N–H and O–H groups in total. The van der Waals surface area contributed by atoms with E-state index in [1.807, 2.05) is 19.1 Å². The fraction of sp³-hybridized carbons (Fsp3) is 0.200. The minimum atomic E-state index is -0.540. The Kier molecular flexibility index (Phi) is 3.90. The Bertz CT molecular complexity index is 611. The number of aryl methyl sites for hydroxylation is 1. The summed E-state index contributed by atoms with van der Waals surface area (Å²) < 4.78 is 19.1. The number of hydrogen-bond donors (Lipinski definition) is 0. The molecule has 2 aromatic rings. The van der Waals surface area contributed by atoms with Gasteiger partial charge in [0.15, 0.2) is 17.3 Å². The molecule has 0 aliphatic rings. The molecule has 0 radical (unpaired) electrons. The van der Waals surface area contributed by atoms with Gasteiger partial charge in [0.25, 0.3) is 0 Å². The van der Waals surface area contributed by atoms with E-state index in [-0.39, 0.29) is 18.1 Å². The smallest absolute Gasteiger partial charge is 0.165 e. The van der Waals surface area contributed by atoms with Crippen LogP contribution in [0.2, 0.25) is 0 Å². The van der Waals surface area contributed by atoms with Crippen molar-refractivity contribution >= 4 is 5.78 Å². The molecule has 1 heterocycles. The molecule has 98 valence electrons. The van der Waals surface area contributed by atoms with Crippen LogP contribution in [-0.4, -0.2) is 10.8 Å². The number of benzene rings is 1. The summed E-state index contributed by atoms with van der Waals surface area (Å²) in [4.78, 5) is 15.3. The first-order chi connectivity index (χ1) is 9.08. The van der Waals surface area contributed by atoms with E-state index in [0.29, 0.717) is 5.56 Å². The summed E-state index contributed by atoms with van der Waals surface area (Å²) in [5.41, 5.74) is 2.08. The Balaban J connectivity index is 2.12. The second-order valence-electron chi connectivity index (χ2n) is 4.26. The molecule has 1 aromatic carbocycles. The quantitative estimate of drug-likeness (QED) is 0.791. The van der Waals surface area contributed by atoms with Gasteiger partial charge in [-0.3, -0.25) is 9.78 Å². The third-order valence-electron chi connectivity index (χ3n) is 2.82. The van der Waals surface area contributed by atoms with Gasteiger partial charge in [0.05, 0.1) is 5.69 Å². The van der Waals surface area contributed by atoms with Gasteiger partial charge in [0.1, 0.15) is 6.61 Å². The molecule has 0 unspecified atom stereocenters. The lowest BCUT2D eigenvalue weighted by Crippen LogP contribution is -2.02. The summed E-state index contributed by atoms with van der Waals surface area (Å²) >= 11 is 0. The second kappa shape index (κ2) is 5.61. The molecule has 0 saturated heterocycles. The molecule has 0 bridgehead atoms. The van der Waals surface area contributed by atoms with Crippen molar-refractivity contribution in [1.29, 1.82) is 0 Å². The number of aromatic nitrogens is 1. The van der Waals surface area contributed by atoms with Crippen molar-refractivity contribution in [3.63, 3.8) is 0 Å². The Morgan fingerprint density at radius 3 is 2.79 bits per heavy atom. The van der Waals surface area contributed by atoms with Crippen LogP contribution in [0.5, 0.6) is 5.75 Å². The summed E-state index contributed by atoms with van der Waals surface area (Å²) in [6.07, 6.45) is 1.67. The lowest BCUT2D eigenvalue weighted by atomic mass is 10.1. The monoisotopic (exact) mass is 259 g/mol. The van der Waals surface area contributed by atoms with E-state index < -0.39 is 5.82 Å². The van der Waals surface area contributed by atoms with Crippen molar-refractivity contribution in [2.75, 3.05) is 0 Å². The van der Waals surface area contributed by atoms with Crippen LogP contribution in [0.3, 0.4) is 0 Å². The van der Waals surface area contributed by atoms with Crippen molar-refractivity contribution in [3.05, 3.63) is 59.2 Å². The standard InChI is InChI=1S/C15H14FNO2/c1-10-4-3-7-17-14(10)9-19-15-6-5-12(11(2)18)8-13(15)16/h3-8H,9H2,1-2H3. The average molecular weight is 259 g/mol. The van der Waals surface area contributed by atoms with Crippen LogP contribution < -0.4 is 4.74 Å². The van der Waals surface area contributed by atoms with E-state index in [1.165, 1.54) is 19.1 Å². The van der Waals surface area contributed by atoms with Gasteiger partial charge in [-0.05, 0) is 43.7 Å². The lowest BCUT2D eigenvalue weighted by molar-refractivity contribution is 0.101. The first-order valence-corrected chi connectivity index (χ1v) is 5.91. The van der Waals surface area contributed by atoms with Crippen molar-refractivity contribution in [1.82, 2.24) is 4.98 Å². The summed E-state index contributed by atoms with van der Waals surface area (Å²) in [5.74, 6) is -0.595. The summed E-state index contributed by atoms with van der Waals surface area (Å²) in [6.45, 7) is 3.51. The van der Waals surface area contributed by atoms with E-state index in [4.69, 9.17) is 4.74 Å². The molecule has 19 heavy (non-hydrogen) atoms. The third-order valence-corrected chi connectivity index (χ3v) is 2.82. The number of nitrogens with zero attached hydrogens (tertiary/aromatic N) is 1. The van der Waals surface area contributed by atoms with Crippen LogP contribution in [-0.2, 0) is 6.61 Å². The van der Waals surface area contributed by atoms with Crippen LogP contribution in [0.1, 0.15) is 28.5 Å². The number of carbonyl (C=O) groups is 1. The Labute approximate surface area is 111 Å². The highest BCUT2D eigenvalue weighted by Crippen LogP contribution is 2.20. The van der Waals surface area contributed by atoms with Gasteiger partial charge >= 0.3 is 0 Å². The number of ketones is 1. The van der Waals surface area contributed by atoms with Gasteiger partial charge in [-0.15, -0.1) is 0 Å². The van der Waals surface area contributed by atoms with Crippen molar-refractivity contribution < 1.29 is 13.9 Å². The lowest BCUT2D eigenvalue weighted by Gasteiger charge is -2.09. The molecule has 0 fully saturated rings. The number of hydrogen-bond acceptors (Lipinski definition) is 3. The van der Waals surface area contributed by atoms with Gasteiger partial charge in [-0.25, -0.2) is 4.39 Å². The van der Waals surface area contributed by atoms with E-state index in [1.54, 1.807) is 12.3 Å². The highest BCUT2D eigenvalue weighted by molar-refractivity contribution is 5.94. The SMILES string of the molecule is CC(=O)c1ccc(OCc2ncccc2C)c(F)c1. The molecular formula is C15H14FNO2. The van der Waals surface area contributed by atoms with Gasteiger partial charge in [0, 0.05) is 11.8 Å². The summed E-state index contributed by atoms with van der Waals surface area (Å²) in [7, 11) is 0. The zero-order chi connectivity index (χ0) is 13.8. The Morgan fingerprint density at radius 1 is 1.37 bits per heavy atom. The average Bonchev–Trinajstić information content (AvgIpc) is 2.39. The molecule has 0 saturated carbocycles.